The number of rotatable bonds is 10. The number of sulfone groups is 1. The van der Waals surface area contributed by atoms with Gasteiger partial charge in [0.15, 0.2) is 27.2 Å². The van der Waals surface area contributed by atoms with Gasteiger partial charge in [-0.2, -0.15) is 0 Å². The van der Waals surface area contributed by atoms with E-state index in [1.54, 1.807) is 35.8 Å². The van der Waals surface area contributed by atoms with Crippen LogP contribution in [0.2, 0.25) is 5.02 Å². The summed E-state index contributed by atoms with van der Waals surface area (Å²) in [5, 5.41) is 11.7. The smallest absolute Gasteiger partial charge is 0.213 e. The van der Waals surface area contributed by atoms with Crippen LogP contribution in [0.4, 0.5) is 0 Å². The van der Waals surface area contributed by atoms with Crippen molar-refractivity contribution < 1.29 is 22.4 Å². The van der Waals surface area contributed by atoms with Crippen LogP contribution in [0.3, 0.4) is 0 Å². The van der Waals surface area contributed by atoms with Crippen LogP contribution < -0.4 is 4.74 Å². The summed E-state index contributed by atoms with van der Waals surface area (Å²) in [5.74, 6) is 1.22. The molecule has 0 N–H and O–H groups in total. The maximum atomic E-state index is 13.5. The fourth-order valence-electron chi connectivity index (χ4n) is 3.57. The second-order valence-corrected chi connectivity index (χ2v) is 10.7. The predicted octanol–water partition coefficient (Wildman–Crippen LogP) is 2.83. The minimum Gasteiger partial charge on any atom is -0.481 e. The van der Waals surface area contributed by atoms with E-state index in [2.05, 4.69) is 30.3 Å². The molecule has 2 atom stereocenters. The number of aryl methyl sites for hydroxylation is 1. The van der Waals surface area contributed by atoms with Crippen LogP contribution in [-0.2, 0) is 26.9 Å². The number of ether oxygens (including phenoxy) is 2. The molecule has 36 heavy (non-hydrogen) atoms. The Bertz CT molecular complexity index is 1440. The van der Waals surface area contributed by atoms with Crippen LogP contribution >= 0.6 is 11.6 Å². The molecule has 190 valence electrons. The lowest BCUT2D eigenvalue weighted by Crippen LogP contribution is -2.30. The minimum atomic E-state index is -3.83. The molecule has 14 heteroatoms. The van der Waals surface area contributed by atoms with Crippen molar-refractivity contribution in [3.05, 3.63) is 64.8 Å². The van der Waals surface area contributed by atoms with Crippen LogP contribution in [0.25, 0.3) is 11.5 Å². The second-order valence-electron chi connectivity index (χ2n) is 7.95. The van der Waals surface area contributed by atoms with Gasteiger partial charge in [-0.05, 0) is 19.9 Å². The number of methoxy groups -OCH3 is 2. The number of nitrogens with zero attached hydrogens (tertiary/aromatic N) is 7. The van der Waals surface area contributed by atoms with E-state index in [1.807, 2.05) is 0 Å². The van der Waals surface area contributed by atoms with E-state index < -0.39 is 26.9 Å². The quantitative estimate of drug-likeness (QED) is 0.296. The van der Waals surface area contributed by atoms with Crippen molar-refractivity contribution in [3.8, 4) is 17.4 Å². The monoisotopic (exact) mass is 533 g/mol. The highest BCUT2D eigenvalue weighted by atomic mass is 35.5. The Balaban J connectivity index is 1.70. The van der Waals surface area contributed by atoms with Gasteiger partial charge in [0, 0.05) is 31.6 Å². The lowest BCUT2D eigenvalue weighted by atomic mass is 10.2. The van der Waals surface area contributed by atoms with Gasteiger partial charge in [-0.25, -0.2) is 23.4 Å². The first-order chi connectivity index (χ1) is 17.2. The molecule has 0 aliphatic carbocycles. The van der Waals surface area contributed by atoms with E-state index >= 15 is 0 Å². The van der Waals surface area contributed by atoms with Crippen molar-refractivity contribution in [3.63, 3.8) is 0 Å². The Kier molecular flexibility index (Phi) is 7.62. The average Bonchev–Trinajstić information content (AvgIpc) is 3.46. The molecule has 0 radical (unpaired) electrons. The molecule has 0 saturated heterocycles. The summed E-state index contributed by atoms with van der Waals surface area (Å²) in [6.07, 6.45) is 1.86. The van der Waals surface area contributed by atoms with Crippen molar-refractivity contribution in [1.82, 2.24) is 34.9 Å². The molecule has 0 aliphatic heterocycles. The van der Waals surface area contributed by atoms with Crippen LogP contribution in [-0.4, -0.2) is 62.8 Å². The summed E-state index contributed by atoms with van der Waals surface area (Å²) in [6, 6.07) is 6.93. The van der Waals surface area contributed by atoms with E-state index in [4.69, 9.17) is 25.6 Å². The largest absolute Gasteiger partial charge is 0.481 e. The molecular formula is C22H24ClN7O5S. The van der Waals surface area contributed by atoms with Gasteiger partial charge in [-0.1, -0.05) is 22.8 Å². The lowest BCUT2D eigenvalue weighted by molar-refractivity contribution is 0.0948. The van der Waals surface area contributed by atoms with Gasteiger partial charge >= 0.3 is 0 Å². The third kappa shape index (κ3) is 5.53. The van der Waals surface area contributed by atoms with Crippen molar-refractivity contribution in [2.24, 2.45) is 0 Å². The molecule has 0 aliphatic rings. The average molecular weight is 534 g/mol. The molecule has 0 saturated carbocycles. The first-order valence-electron chi connectivity index (χ1n) is 10.8. The van der Waals surface area contributed by atoms with Gasteiger partial charge in [-0.3, -0.25) is 0 Å². The SMILES string of the molecule is COc1cccc(-c2nnc(CS(=O)(=O)[C@@H](C)[C@H](OC)c3ncc(Cl)cn3)n2Cc2cc(C)no2)n1. The van der Waals surface area contributed by atoms with Crippen molar-refractivity contribution in [2.45, 2.75) is 37.5 Å². The highest BCUT2D eigenvalue weighted by Crippen LogP contribution is 2.27. The summed E-state index contributed by atoms with van der Waals surface area (Å²) >= 11 is 5.87. The molecule has 0 spiro atoms. The number of halogens is 1. The molecule has 4 rings (SSSR count). The maximum absolute atomic E-state index is 13.5. The number of hydrogen-bond acceptors (Lipinski definition) is 11. The number of pyridine rings is 1. The first-order valence-corrected chi connectivity index (χ1v) is 12.9. The Morgan fingerprint density at radius 2 is 1.92 bits per heavy atom. The predicted molar refractivity (Wildman–Crippen MR) is 129 cm³/mol. The summed E-state index contributed by atoms with van der Waals surface area (Å²) in [6.45, 7) is 3.47. The molecule has 0 fully saturated rings. The van der Waals surface area contributed by atoms with Crippen LogP contribution in [0.1, 0.15) is 36.1 Å². The fourth-order valence-corrected chi connectivity index (χ4v) is 5.12. The summed E-state index contributed by atoms with van der Waals surface area (Å²) < 4.78 is 44.6. The topological polar surface area (TPSA) is 148 Å². The van der Waals surface area contributed by atoms with Gasteiger partial charge in [0.2, 0.25) is 5.88 Å². The number of aromatic nitrogens is 7. The molecule has 4 aromatic rings. The van der Waals surface area contributed by atoms with Crippen LogP contribution in [0, 0.1) is 6.92 Å². The third-order valence-electron chi connectivity index (χ3n) is 5.45. The van der Waals surface area contributed by atoms with Gasteiger partial charge < -0.3 is 18.6 Å². The van der Waals surface area contributed by atoms with Gasteiger partial charge in [-0.15, -0.1) is 10.2 Å². The molecule has 4 heterocycles. The zero-order chi connectivity index (χ0) is 25.9. The Morgan fingerprint density at radius 3 is 2.56 bits per heavy atom. The van der Waals surface area contributed by atoms with E-state index in [1.165, 1.54) is 33.5 Å². The van der Waals surface area contributed by atoms with Crippen LogP contribution in [0.15, 0.2) is 41.2 Å². The Morgan fingerprint density at radius 1 is 1.17 bits per heavy atom. The fraction of sp³-hybridized carbons (Fsp3) is 0.364. The molecule has 0 bridgehead atoms. The van der Waals surface area contributed by atoms with Crippen molar-refractivity contribution >= 4 is 21.4 Å². The Hall–Kier alpha value is -3.42. The van der Waals surface area contributed by atoms with E-state index in [-0.39, 0.29) is 18.2 Å². The molecule has 0 aromatic carbocycles. The molecule has 4 aromatic heterocycles. The summed E-state index contributed by atoms with van der Waals surface area (Å²) in [5.41, 5.74) is 1.15. The second kappa shape index (κ2) is 10.7. The third-order valence-corrected chi connectivity index (χ3v) is 7.69. The van der Waals surface area contributed by atoms with E-state index in [9.17, 15) is 8.42 Å². The summed E-state index contributed by atoms with van der Waals surface area (Å²) in [4.78, 5) is 12.7. The number of hydrogen-bond donors (Lipinski definition) is 0. The standard InChI is InChI=1S/C22H24ClN7O5S/c1-13-8-16(35-29-13)11-30-18(27-28-22(30)17-6-5-7-19(26-17)33-3)12-36(31,32)14(2)20(34-4)21-24-9-15(23)10-25-21/h5-10,14,20H,11-12H2,1-4H3/t14-,20-/m0/s1. The summed E-state index contributed by atoms with van der Waals surface area (Å²) in [7, 11) is -0.924. The van der Waals surface area contributed by atoms with E-state index in [0.717, 1.165) is 0 Å². The zero-order valence-corrected chi connectivity index (χ0v) is 21.6. The normalized spacial score (nSPS) is 13.5. The van der Waals surface area contributed by atoms with Gasteiger partial charge in [0.25, 0.3) is 0 Å². The molecule has 0 unspecified atom stereocenters. The molecular weight excluding hydrogens is 510 g/mol. The molecule has 12 nitrogen and oxygen atoms in total. The highest BCUT2D eigenvalue weighted by molar-refractivity contribution is 7.91. The van der Waals surface area contributed by atoms with Crippen LogP contribution in [0.5, 0.6) is 5.88 Å². The van der Waals surface area contributed by atoms with Gasteiger partial charge in [0.05, 0.1) is 29.6 Å². The molecule has 0 amide bonds. The minimum absolute atomic E-state index is 0.148. The maximum Gasteiger partial charge on any atom is 0.213 e. The first kappa shape index (κ1) is 25.7. The Labute approximate surface area is 212 Å². The van der Waals surface area contributed by atoms with Crippen molar-refractivity contribution in [1.29, 1.82) is 0 Å². The van der Waals surface area contributed by atoms with Gasteiger partial charge in [0.1, 0.15) is 23.4 Å². The van der Waals surface area contributed by atoms with E-state index in [0.29, 0.717) is 33.9 Å². The lowest BCUT2D eigenvalue weighted by Gasteiger charge is -2.21. The highest BCUT2D eigenvalue weighted by Gasteiger charge is 2.34. The zero-order valence-electron chi connectivity index (χ0n) is 20.0. The van der Waals surface area contributed by atoms with Crippen molar-refractivity contribution in [2.75, 3.05) is 14.2 Å².